The summed E-state index contributed by atoms with van der Waals surface area (Å²) in [6, 6.07) is 38.7. The Bertz CT molecular complexity index is 1360. The van der Waals surface area contributed by atoms with Crippen molar-refractivity contribution in [2.45, 2.75) is 0 Å². The zero-order valence-electron chi connectivity index (χ0n) is 18.2. The Labute approximate surface area is 202 Å². The van der Waals surface area contributed by atoms with Crippen LogP contribution in [0, 0.1) is 0 Å². The van der Waals surface area contributed by atoms with E-state index in [9.17, 15) is 4.57 Å². The van der Waals surface area contributed by atoms with Gasteiger partial charge in [0.2, 0.25) is 4.80 Å². The van der Waals surface area contributed by atoms with Crippen LogP contribution >= 0.6 is 19.1 Å². The third kappa shape index (κ3) is 5.17. The van der Waals surface area contributed by atoms with E-state index < -0.39 is 7.59 Å². The Hall–Kier alpha value is -3.93. The van der Waals surface area contributed by atoms with Crippen molar-refractivity contribution in [3.05, 3.63) is 126 Å². The maximum atomic E-state index is 14.1. The van der Waals surface area contributed by atoms with Gasteiger partial charge in [0, 0.05) is 16.9 Å². The third-order valence-corrected chi connectivity index (χ3v) is 7.57. The van der Waals surface area contributed by atoms with E-state index in [1.165, 1.54) is 11.5 Å². The van der Waals surface area contributed by atoms with Gasteiger partial charge >= 0.3 is 7.59 Å². The van der Waals surface area contributed by atoms with Crippen LogP contribution in [0.3, 0.4) is 0 Å². The highest BCUT2D eigenvalue weighted by Gasteiger charge is 2.22. The van der Waals surface area contributed by atoms with Gasteiger partial charge in [-0.05, 0) is 47.9 Å². The van der Waals surface area contributed by atoms with Crippen molar-refractivity contribution < 1.29 is 4.57 Å². The molecule has 0 fully saturated rings. The van der Waals surface area contributed by atoms with Crippen LogP contribution in [0.5, 0.6) is 0 Å². The van der Waals surface area contributed by atoms with Crippen LogP contribution in [0.15, 0.2) is 126 Å². The zero-order chi connectivity index (χ0) is 23.2. The van der Waals surface area contributed by atoms with Crippen molar-refractivity contribution in [3.8, 4) is 17.1 Å². The van der Waals surface area contributed by atoms with E-state index in [2.05, 4.69) is 14.9 Å². The van der Waals surface area contributed by atoms with Crippen molar-refractivity contribution in [2.24, 2.45) is 4.76 Å². The smallest absolute Gasteiger partial charge is 0.303 e. The lowest BCUT2D eigenvalue weighted by Crippen LogP contribution is -2.09. The molecule has 0 aliphatic rings. The summed E-state index contributed by atoms with van der Waals surface area (Å²) in [5.41, 5.74) is 3.32. The SMILES string of the molecule is O=P(/N=c1\nc(-c2ccccc2)n(-c2ccccc2)s1)(Nc1ccccc1)Nc1ccccc1. The van der Waals surface area contributed by atoms with Crippen molar-refractivity contribution in [1.82, 2.24) is 8.94 Å². The van der Waals surface area contributed by atoms with Crippen LogP contribution in [0.25, 0.3) is 17.1 Å². The molecule has 5 rings (SSSR count). The molecule has 0 bridgehead atoms. The fourth-order valence-corrected chi connectivity index (χ4v) is 6.08. The van der Waals surface area contributed by atoms with Gasteiger partial charge in [0.1, 0.15) is 0 Å². The van der Waals surface area contributed by atoms with E-state index >= 15 is 0 Å². The van der Waals surface area contributed by atoms with Crippen LogP contribution < -0.4 is 15.0 Å². The van der Waals surface area contributed by atoms with Crippen molar-refractivity contribution in [1.29, 1.82) is 0 Å². The van der Waals surface area contributed by atoms with Gasteiger partial charge < -0.3 is 10.2 Å². The first-order valence-corrected chi connectivity index (χ1v) is 13.2. The van der Waals surface area contributed by atoms with E-state index in [0.717, 1.165) is 17.1 Å². The van der Waals surface area contributed by atoms with Gasteiger partial charge in [0.25, 0.3) is 0 Å². The highest BCUT2D eigenvalue weighted by Crippen LogP contribution is 2.46. The number of benzene rings is 4. The topological polar surface area (TPSA) is 71.3 Å². The van der Waals surface area contributed by atoms with Gasteiger partial charge in [0.15, 0.2) is 5.82 Å². The molecule has 0 amide bonds. The van der Waals surface area contributed by atoms with Gasteiger partial charge in [-0.2, -0.15) is 9.75 Å². The standard InChI is InChI=1S/C26H22N5OPS/c32-33(28-22-15-7-2-8-16-22,29-23-17-9-3-10-18-23)30-26-27-25(21-13-5-1-6-14-21)31(34-26)24-19-11-4-12-20-24/h1-20H,(H2,28,29,32)/b30-26+. The maximum Gasteiger partial charge on any atom is 0.376 e. The quantitative estimate of drug-likeness (QED) is 0.249. The molecular weight excluding hydrogens is 461 g/mol. The van der Waals surface area contributed by atoms with E-state index in [1.807, 2.05) is 125 Å². The molecule has 1 heterocycles. The van der Waals surface area contributed by atoms with E-state index in [1.54, 1.807) is 0 Å². The number of hydrogen-bond acceptors (Lipinski definition) is 3. The van der Waals surface area contributed by atoms with Crippen molar-refractivity contribution in [3.63, 3.8) is 0 Å². The van der Waals surface area contributed by atoms with Crippen LogP contribution in [-0.4, -0.2) is 8.94 Å². The number of nitrogens with zero attached hydrogens (tertiary/aromatic N) is 3. The second-order valence-corrected chi connectivity index (χ2v) is 10.1. The molecular formula is C26H22N5OPS. The highest BCUT2D eigenvalue weighted by molar-refractivity contribution is 7.65. The Morgan fingerprint density at radius 2 is 1.15 bits per heavy atom. The minimum atomic E-state index is -3.52. The predicted octanol–water partition coefficient (Wildman–Crippen LogP) is 6.83. The molecule has 2 N–H and O–H groups in total. The molecule has 5 aromatic rings. The Morgan fingerprint density at radius 1 is 0.676 bits per heavy atom. The molecule has 1 aromatic heterocycles. The lowest BCUT2D eigenvalue weighted by Gasteiger charge is -2.17. The molecule has 168 valence electrons. The van der Waals surface area contributed by atoms with Gasteiger partial charge in [-0.15, -0.1) is 0 Å². The molecule has 0 unspecified atom stereocenters. The summed E-state index contributed by atoms with van der Waals surface area (Å²) in [6.07, 6.45) is 0. The number of nitrogens with one attached hydrogen (secondary N) is 2. The summed E-state index contributed by atoms with van der Waals surface area (Å²) in [7, 11) is -3.52. The molecule has 6 nitrogen and oxygen atoms in total. The monoisotopic (exact) mass is 483 g/mol. The summed E-state index contributed by atoms with van der Waals surface area (Å²) < 4.78 is 20.7. The van der Waals surface area contributed by atoms with Crippen molar-refractivity contribution in [2.75, 3.05) is 10.2 Å². The number of para-hydroxylation sites is 3. The summed E-state index contributed by atoms with van der Waals surface area (Å²) in [4.78, 5) is 5.19. The maximum absolute atomic E-state index is 14.1. The van der Waals surface area contributed by atoms with Gasteiger partial charge in [-0.3, -0.25) is 0 Å². The van der Waals surface area contributed by atoms with Crippen LogP contribution in [0.1, 0.15) is 0 Å². The zero-order valence-corrected chi connectivity index (χ0v) is 19.9. The predicted molar refractivity (Wildman–Crippen MR) is 140 cm³/mol. The number of aromatic nitrogens is 2. The molecule has 4 aromatic carbocycles. The molecule has 8 heteroatoms. The average molecular weight is 484 g/mol. The summed E-state index contributed by atoms with van der Waals surface area (Å²) in [6.45, 7) is 0. The van der Waals surface area contributed by atoms with Crippen LogP contribution in [0.2, 0.25) is 0 Å². The molecule has 34 heavy (non-hydrogen) atoms. The second-order valence-electron chi connectivity index (χ2n) is 7.44. The molecule has 0 saturated carbocycles. The van der Waals surface area contributed by atoms with E-state index in [0.29, 0.717) is 16.2 Å². The summed E-state index contributed by atoms with van der Waals surface area (Å²) >= 11 is 1.34. The summed E-state index contributed by atoms with van der Waals surface area (Å²) in [5, 5.41) is 6.19. The van der Waals surface area contributed by atoms with E-state index in [-0.39, 0.29) is 0 Å². The average Bonchev–Trinajstić information content (AvgIpc) is 3.29. The number of anilines is 2. The lowest BCUT2D eigenvalue weighted by atomic mass is 10.2. The summed E-state index contributed by atoms with van der Waals surface area (Å²) in [5.74, 6) is 0.738. The fraction of sp³-hybridized carbons (Fsp3) is 0. The fourth-order valence-electron chi connectivity index (χ4n) is 3.40. The highest BCUT2D eigenvalue weighted by atomic mass is 32.1. The minimum Gasteiger partial charge on any atom is -0.303 e. The number of hydrogen-bond donors (Lipinski definition) is 2. The third-order valence-electron chi connectivity index (χ3n) is 4.92. The van der Waals surface area contributed by atoms with Gasteiger partial charge in [-0.25, -0.2) is 8.52 Å². The minimum absolute atomic E-state index is 0.401. The molecule has 0 aliphatic heterocycles. The van der Waals surface area contributed by atoms with Crippen molar-refractivity contribution >= 4 is 30.5 Å². The molecule has 0 saturated heterocycles. The molecule has 0 atom stereocenters. The second kappa shape index (κ2) is 9.91. The van der Waals surface area contributed by atoms with E-state index in [4.69, 9.17) is 4.98 Å². The molecule has 0 radical (unpaired) electrons. The molecule has 0 aliphatic carbocycles. The number of rotatable bonds is 7. The van der Waals surface area contributed by atoms with Crippen LogP contribution in [-0.2, 0) is 4.57 Å². The van der Waals surface area contributed by atoms with Gasteiger partial charge in [0.05, 0.1) is 5.69 Å². The molecule has 0 spiro atoms. The first-order valence-electron chi connectivity index (χ1n) is 10.7. The first-order chi connectivity index (χ1) is 16.7. The Kier molecular flexibility index (Phi) is 6.38. The normalized spacial score (nSPS) is 11.8. The lowest BCUT2D eigenvalue weighted by molar-refractivity contribution is 0.582. The Morgan fingerprint density at radius 3 is 1.68 bits per heavy atom. The first kappa shape index (κ1) is 21.9. The Balaban J connectivity index is 1.63. The largest absolute Gasteiger partial charge is 0.376 e. The van der Waals surface area contributed by atoms with Gasteiger partial charge in [-0.1, -0.05) is 84.9 Å². The van der Waals surface area contributed by atoms with Crippen LogP contribution in [0.4, 0.5) is 11.4 Å².